The molecule has 0 saturated heterocycles. The maximum atomic E-state index is 10.2. The summed E-state index contributed by atoms with van der Waals surface area (Å²) in [7, 11) is 0. The van der Waals surface area contributed by atoms with Gasteiger partial charge in [-0.3, -0.25) is 0 Å². The monoisotopic (exact) mass is 697 g/mol. The summed E-state index contributed by atoms with van der Waals surface area (Å²) in [5.74, 6) is 0. The molecule has 0 bridgehead atoms. The number of furan rings is 1. The summed E-state index contributed by atoms with van der Waals surface area (Å²) >= 11 is 0. The molecule has 2 heteroatoms. The molecule has 0 N–H and O–H groups in total. The Bertz CT molecular complexity index is 3270. The topological polar surface area (TPSA) is 36.9 Å². The van der Waals surface area contributed by atoms with Crippen molar-refractivity contribution < 1.29 is 4.42 Å². The van der Waals surface area contributed by atoms with E-state index >= 15 is 0 Å². The van der Waals surface area contributed by atoms with Gasteiger partial charge in [0, 0.05) is 27.5 Å². The summed E-state index contributed by atoms with van der Waals surface area (Å²) in [6.07, 6.45) is 0. The molecule has 0 aliphatic carbocycles. The van der Waals surface area contributed by atoms with Crippen LogP contribution in [0.25, 0.3) is 110 Å². The number of hydrogen-bond donors (Lipinski definition) is 0. The summed E-state index contributed by atoms with van der Waals surface area (Å²) in [4.78, 5) is 0. The molecule has 0 atom stereocenters. The van der Waals surface area contributed by atoms with E-state index in [0.29, 0.717) is 5.56 Å². The molecule has 55 heavy (non-hydrogen) atoms. The van der Waals surface area contributed by atoms with Crippen molar-refractivity contribution in [3.05, 3.63) is 194 Å². The predicted octanol–water partition coefficient (Wildman–Crippen LogP) is 14.7. The van der Waals surface area contributed by atoms with Crippen LogP contribution in [0.4, 0.5) is 0 Å². The van der Waals surface area contributed by atoms with Gasteiger partial charge in [0.1, 0.15) is 11.2 Å². The van der Waals surface area contributed by atoms with E-state index in [1.807, 2.05) is 18.2 Å². The second kappa shape index (κ2) is 12.3. The highest BCUT2D eigenvalue weighted by atomic mass is 16.3. The first-order chi connectivity index (χ1) is 27.3. The zero-order valence-electron chi connectivity index (χ0n) is 29.8. The van der Waals surface area contributed by atoms with E-state index in [4.69, 9.17) is 4.42 Å². The van der Waals surface area contributed by atoms with Crippen LogP contribution in [0.5, 0.6) is 0 Å². The van der Waals surface area contributed by atoms with Crippen molar-refractivity contribution in [2.75, 3.05) is 0 Å². The molecule has 0 radical (unpaired) electrons. The van der Waals surface area contributed by atoms with Crippen molar-refractivity contribution in [1.29, 1.82) is 5.26 Å². The average molecular weight is 698 g/mol. The van der Waals surface area contributed by atoms with Crippen LogP contribution in [-0.4, -0.2) is 0 Å². The molecule has 11 aromatic rings. The second-order valence-corrected chi connectivity index (χ2v) is 14.2. The van der Waals surface area contributed by atoms with Gasteiger partial charge in [0.2, 0.25) is 0 Å². The number of nitrogens with zero attached hydrogens (tertiary/aromatic N) is 1. The van der Waals surface area contributed by atoms with Crippen molar-refractivity contribution in [3.63, 3.8) is 0 Å². The van der Waals surface area contributed by atoms with E-state index in [1.54, 1.807) is 0 Å². The highest BCUT2D eigenvalue weighted by molar-refractivity contribution is 6.28. The van der Waals surface area contributed by atoms with Gasteiger partial charge in [0.25, 0.3) is 0 Å². The lowest BCUT2D eigenvalue weighted by Gasteiger charge is -2.18. The van der Waals surface area contributed by atoms with Crippen LogP contribution >= 0.6 is 0 Å². The van der Waals surface area contributed by atoms with Crippen LogP contribution in [0.2, 0.25) is 0 Å². The fraction of sp³-hybridized carbons (Fsp3) is 0. The van der Waals surface area contributed by atoms with Gasteiger partial charge in [-0.2, -0.15) is 5.26 Å². The molecule has 0 spiro atoms. The van der Waals surface area contributed by atoms with Gasteiger partial charge in [-0.25, -0.2) is 0 Å². The number of para-hydroxylation sites is 1. The van der Waals surface area contributed by atoms with Crippen molar-refractivity contribution >= 4 is 65.0 Å². The molecule has 2 nitrogen and oxygen atoms in total. The van der Waals surface area contributed by atoms with Crippen molar-refractivity contribution in [2.45, 2.75) is 0 Å². The SMILES string of the molecule is N#Cc1ccccc1-c1c2ccccc2c(-c2cccc3oc4c(-c5c6ccccc6c(-c6ccccc6)c6ccccc56)cccc4c23)c2ccccc12. The Hall–Kier alpha value is -7.47. The molecule has 0 saturated carbocycles. The Morgan fingerprint density at radius 1 is 0.327 bits per heavy atom. The Kier molecular flexibility index (Phi) is 6.96. The van der Waals surface area contributed by atoms with Crippen molar-refractivity contribution in [2.24, 2.45) is 0 Å². The third-order valence-electron chi connectivity index (χ3n) is 11.3. The lowest BCUT2D eigenvalue weighted by atomic mass is 9.83. The molecular weight excluding hydrogens is 667 g/mol. The van der Waals surface area contributed by atoms with E-state index in [9.17, 15) is 5.26 Å². The number of nitriles is 1. The first kappa shape index (κ1) is 31.1. The largest absolute Gasteiger partial charge is 0.455 e. The Labute approximate surface area is 317 Å². The molecule has 10 aromatic carbocycles. The fourth-order valence-electron chi connectivity index (χ4n) is 9.09. The quantitative estimate of drug-likeness (QED) is 0.172. The lowest BCUT2D eigenvalue weighted by Crippen LogP contribution is -1.93. The van der Waals surface area contributed by atoms with E-state index in [1.165, 1.54) is 38.2 Å². The predicted molar refractivity (Wildman–Crippen MR) is 230 cm³/mol. The van der Waals surface area contributed by atoms with Crippen LogP contribution in [0.3, 0.4) is 0 Å². The Morgan fingerprint density at radius 2 is 0.727 bits per heavy atom. The Morgan fingerprint density at radius 3 is 1.29 bits per heavy atom. The molecule has 1 heterocycles. The third kappa shape index (κ3) is 4.61. The minimum Gasteiger partial charge on any atom is -0.455 e. The average Bonchev–Trinajstić information content (AvgIpc) is 3.65. The first-order valence-corrected chi connectivity index (χ1v) is 18.7. The summed E-state index contributed by atoms with van der Waals surface area (Å²) in [5, 5.41) is 21.7. The van der Waals surface area contributed by atoms with Crippen LogP contribution in [0.15, 0.2) is 192 Å². The smallest absolute Gasteiger partial charge is 0.143 e. The molecule has 11 rings (SSSR count). The zero-order valence-corrected chi connectivity index (χ0v) is 29.8. The number of rotatable bonds is 4. The zero-order chi connectivity index (χ0) is 36.5. The molecule has 0 fully saturated rings. The molecular formula is C53H31NO. The summed E-state index contributed by atoms with van der Waals surface area (Å²) in [5.41, 5.74) is 11.4. The van der Waals surface area contributed by atoms with Crippen LogP contribution in [0.1, 0.15) is 5.56 Å². The van der Waals surface area contributed by atoms with Crippen molar-refractivity contribution in [3.8, 4) is 50.6 Å². The standard InChI is InChI=1S/C53H31NO/c54-32-34-18-4-5-19-35(34)49-40-24-10-12-26-42(40)50(43-27-13-11-25-41(43)49)44-28-15-31-47-52(44)46-30-14-29-45(53(46)55-47)51-38-22-8-6-20-36(38)48(33-16-2-1-3-17-33)37-21-7-9-23-39(37)51/h1-31H. The summed E-state index contributed by atoms with van der Waals surface area (Å²) < 4.78 is 7.02. The number of fused-ring (bicyclic) bond motifs is 7. The van der Waals surface area contributed by atoms with E-state index in [2.05, 4.69) is 176 Å². The van der Waals surface area contributed by atoms with Gasteiger partial charge in [-0.05, 0) is 83.0 Å². The second-order valence-electron chi connectivity index (χ2n) is 14.2. The van der Waals surface area contributed by atoms with Gasteiger partial charge >= 0.3 is 0 Å². The van der Waals surface area contributed by atoms with Crippen LogP contribution in [-0.2, 0) is 0 Å². The maximum absolute atomic E-state index is 10.2. The summed E-state index contributed by atoms with van der Waals surface area (Å²) in [6, 6.07) is 68.9. The molecule has 254 valence electrons. The lowest BCUT2D eigenvalue weighted by molar-refractivity contribution is 0.670. The molecule has 0 amide bonds. The normalized spacial score (nSPS) is 11.6. The van der Waals surface area contributed by atoms with Crippen molar-refractivity contribution in [1.82, 2.24) is 0 Å². The van der Waals surface area contributed by atoms with Gasteiger partial charge in [-0.1, -0.05) is 176 Å². The minimum absolute atomic E-state index is 0.665. The molecule has 0 aliphatic rings. The number of hydrogen-bond acceptors (Lipinski definition) is 2. The van der Waals surface area contributed by atoms with Gasteiger partial charge < -0.3 is 4.42 Å². The number of benzene rings is 10. The Balaban J connectivity index is 1.24. The maximum Gasteiger partial charge on any atom is 0.143 e. The van der Waals surface area contributed by atoms with Gasteiger partial charge in [0.05, 0.1) is 11.6 Å². The molecule has 1 aromatic heterocycles. The third-order valence-corrected chi connectivity index (χ3v) is 11.3. The van der Waals surface area contributed by atoms with Gasteiger partial charge in [-0.15, -0.1) is 0 Å². The molecule has 0 aliphatic heterocycles. The van der Waals surface area contributed by atoms with E-state index < -0.39 is 0 Å². The molecule has 0 unspecified atom stereocenters. The highest BCUT2D eigenvalue weighted by Gasteiger charge is 2.24. The van der Waals surface area contributed by atoms with Crippen LogP contribution < -0.4 is 0 Å². The minimum atomic E-state index is 0.665. The van der Waals surface area contributed by atoms with Crippen LogP contribution in [0, 0.1) is 11.3 Å². The summed E-state index contributed by atoms with van der Waals surface area (Å²) in [6.45, 7) is 0. The van der Waals surface area contributed by atoms with E-state index in [-0.39, 0.29) is 0 Å². The fourth-order valence-corrected chi connectivity index (χ4v) is 9.09. The van der Waals surface area contributed by atoms with Gasteiger partial charge in [0.15, 0.2) is 0 Å². The van der Waals surface area contributed by atoms with E-state index in [0.717, 1.165) is 71.3 Å². The first-order valence-electron chi connectivity index (χ1n) is 18.7. The highest BCUT2D eigenvalue weighted by Crippen LogP contribution is 2.50.